The van der Waals surface area contributed by atoms with E-state index in [2.05, 4.69) is 10.6 Å². The van der Waals surface area contributed by atoms with E-state index in [0.717, 1.165) is 29.8 Å². The first-order valence-corrected chi connectivity index (χ1v) is 10.2. The molecule has 7 heteroatoms. The summed E-state index contributed by atoms with van der Waals surface area (Å²) in [7, 11) is 1.59. The monoisotopic (exact) mass is 421 g/mol. The lowest BCUT2D eigenvalue weighted by molar-refractivity contribution is -0.128. The summed E-state index contributed by atoms with van der Waals surface area (Å²) in [5.41, 5.74) is 2.43. The molecule has 1 saturated heterocycles. The van der Waals surface area contributed by atoms with Crippen LogP contribution in [0.5, 0.6) is 5.75 Å². The van der Waals surface area contributed by atoms with E-state index in [1.54, 1.807) is 38.3 Å². The van der Waals surface area contributed by atoms with Crippen LogP contribution >= 0.6 is 0 Å². The van der Waals surface area contributed by atoms with Crippen molar-refractivity contribution >= 4 is 29.5 Å². The predicted octanol–water partition coefficient (Wildman–Crippen LogP) is 2.97. The number of hydrogen-bond donors (Lipinski definition) is 2. The van der Waals surface area contributed by atoms with Crippen molar-refractivity contribution in [3.8, 4) is 5.75 Å². The Bertz CT molecular complexity index is 969. The van der Waals surface area contributed by atoms with Crippen molar-refractivity contribution in [2.45, 2.75) is 32.4 Å². The average molecular weight is 421 g/mol. The molecule has 1 heterocycles. The summed E-state index contributed by atoms with van der Waals surface area (Å²) in [4.78, 5) is 38.2. The summed E-state index contributed by atoms with van der Waals surface area (Å²) < 4.78 is 5.10. The zero-order valence-corrected chi connectivity index (χ0v) is 17.8. The third-order valence-corrected chi connectivity index (χ3v) is 5.03. The minimum absolute atomic E-state index is 0.161. The van der Waals surface area contributed by atoms with Crippen LogP contribution in [0.1, 0.15) is 30.9 Å². The van der Waals surface area contributed by atoms with Crippen LogP contribution in [0.4, 0.5) is 5.69 Å². The molecule has 0 saturated carbocycles. The van der Waals surface area contributed by atoms with Crippen LogP contribution < -0.4 is 15.4 Å². The molecule has 31 heavy (non-hydrogen) atoms. The van der Waals surface area contributed by atoms with Crippen molar-refractivity contribution < 1.29 is 19.1 Å². The molecule has 2 aromatic carbocycles. The van der Waals surface area contributed by atoms with Crippen LogP contribution in [0, 0.1) is 0 Å². The van der Waals surface area contributed by atoms with Crippen LogP contribution in [-0.2, 0) is 20.9 Å². The van der Waals surface area contributed by atoms with Crippen molar-refractivity contribution in [3.63, 3.8) is 0 Å². The van der Waals surface area contributed by atoms with Crippen LogP contribution in [0.3, 0.4) is 0 Å². The smallest absolute Gasteiger partial charge is 0.246 e. The Labute approximate surface area is 182 Å². The predicted molar refractivity (Wildman–Crippen MR) is 119 cm³/mol. The molecule has 7 nitrogen and oxygen atoms in total. The molecule has 2 N–H and O–H groups in total. The van der Waals surface area contributed by atoms with Gasteiger partial charge in [0.05, 0.1) is 7.11 Å². The minimum atomic E-state index is -0.711. The third kappa shape index (κ3) is 6.44. The molecule has 1 unspecified atom stereocenters. The standard InChI is InChI=1S/C24H27N3O4/c1-17(25-22(28)13-10-18-8-11-21(31-2)12-9-18)24(30)26-20-6-3-5-19(15-20)16-27-14-4-7-23(27)29/h3,5-6,8-13,15,17H,4,7,14,16H2,1-2H3,(H,25,28)(H,26,30)/b13-10+. The number of ether oxygens (including phenoxy) is 1. The molecule has 2 aromatic rings. The molecule has 1 fully saturated rings. The van der Waals surface area contributed by atoms with Crippen molar-refractivity contribution in [2.24, 2.45) is 0 Å². The molecule has 162 valence electrons. The Kier molecular flexibility index (Phi) is 7.43. The largest absolute Gasteiger partial charge is 0.497 e. The molecule has 0 aliphatic carbocycles. The summed E-state index contributed by atoms with van der Waals surface area (Å²) in [5, 5.41) is 5.47. The Morgan fingerprint density at radius 2 is 1.97 bits per heavy atom. The van der Waals surface area contributed by atoms with Gasteiger partial charge in [-0.25, -0.2) is 0 Å². The van der Waals surface area contributed by atoms with Gasteiger partial charge in [0, 0.05) is 31.3 Å². The van der Waals surface area contributed by atoms with Gasteiger partial charge in [-0.3, -0.25) is 14.4 Å². The number of methoxy groups -OCH3 is 1. The summed E-state index contributed by atoms with van der Waals surface area (Å²) in [6.07, 6.45) is 4.54. The van der Waals surface area contributed by atoms with E-state index in [9.17, 15) is 14.4 Å². The molecule has 0 radical (unpaired) electrons. The fourth-order valence-electron chi connectivity index (χ4n) is 3.30. The highest BCUT2D eigenvalue weighted by molar-refractivity contribution is 5.99. The summed E-state index contributed by atoms with van der Waals surface area (Å²) in [6.45, 7) is 2.93. The fraction of sp³-hybridized carbons (Fsp3) is 0.292. The van der Waals surface area contributed by atoms with Gasteiger partial charge in [-0.15, -0.1) is 0 Å². The first-order valence-electron chi connectivity index (χ1n) is 10.2. The topological polar surface area (TPSA) is 87.7 Å². The minimum Gasteiger partial charge on any atom is -0.497 e. The van der Waals surface area contributed by atoms with Crippen LogP contribution in [0.25, 0.3) is 6.08 Å². The van der Waals surface area contributed by atoms with Gasteiger partial charge in [-0.05, 0) is 54.8 Å². The quantitative estimate of drug-likeness (QED) is 0.642. The number of nitrogens with one attached hydrogen (secondary N) is 2. The van der Waals surface area contributed by atoms with E-state index >= 15 is 0 Å². The lowest BCUT2D eigenvalue weighted by Crippen LogP contribution is -2.40. The fourth-order valence-corrected chi connectivity index (χ4v) is 3.30. The van der Waals surface area contributed by atoms with Gasteiger partial charge in [0.2, 0.25) is 17.7 Å². The van der Waals surface area contributed by atoms with E-state index in [1.807, 2.05) is 35.2 Å². The maximum absolute atomic E-state index is 12.5. The summed E-state index contributed by atoms with van der Waals surface area (Å²) in [5.74, 6) is 0.219. The number of carbonyl (C=O) groups excluding carboxylic acids is 3. The van der Waals surface area contributed by atoms with Crippen LogP contribution in [-0.4, -0.2) is 42.3 Å². The molecule has 0 spiro atoms. The van der Waals surface area contributed by atoms with Crippen molar-refractivity contribution in [3.05, 3.63) is 65.7 Å². The van der Waals surface area contributed by atoms with Gasteiger partial charge in [0.25, 0.3) is 0 Å². The molecule has 0 aromatic heterocycles. The number of likely N-dealkylation sites (tertiary alicyclic amines) is 1. The molecule has 1 aliphatic heterocycles. The van der Waals surface area contributed by atoms with E-state index in [0.29, 0.717) is 18.7 Å². The zero-order valence-electron chi connectivity index (χ0n) is 17.8. The first-order chi connectivity index (χ1) is 14.9. The molecular weight excluding hydrogens is 394 g/mol. The van der Waals surface area contributed by atoms with Gasteiger partial charge >= 0.3 is 0 Å². The van der Waals surface area contributed by atoms with Gasteiger partial charge in [0.15, 0.2) is 0 Å². The van der Waals surface area contributed by atoms with E-state index in [-0.39, 0.29) is 17.7 Å². The molecule has 3 amide bonds. The van der Waals surface area contributed by atoms with E-state index in [1.165, 1.54) is 6.08 Å². The number of nitrogens with zero attached hydrogens (tertiary/aromatic N) is 1. The Morgan fingerprint density at radius 1 is 1.19 bits per heavy atom. The number of amides is 3. The summed E-state index contributed by atoms with van der Waals surface area (Å²) in [6, 6.07) is 14.0. The van der Waals surface area contributed by atoms with Gasteiger partial charge in [-0.2, -0.15) is 0 Å². The van der Waals surface area contributed by atoms with E-state index in [4.69, 9.17) is 4.74 Å². The number of benzene rings is 2. The van der Waals surface area contributed by atoms with Crippen LogP contribution in [0.2, 0.25) is 0 Å². The lowest BCUT2D eigenvalue weighted by Gasteiger charge is -2.17. The lowest BCUT2D eigenvalue weighted by atomic mass is 10.1. The second-order valence-corrected chi connectivity index (χ2v) is 7.45. The Balaban J connectivity index is 1.51. The Hall–Kier alpha value is -3.61. The van der Waals surface area contributed by atoms with Gasteiger partial charge < -0.3 is 20.3 Å². The van der Waals surface area contributed by atoms with Crippen molar-refractivity contribution in [1.82, 2.24) is 10.2 Å². The highest BCUT2D eigenvalue weighted by Crippen LogP contribution is 2.17. The number of carbonyl (C=O) groups is 3. The number of anilines is 1. The van der Waals surface area contributed by atoms with Gasteiger partial charge in [0.1, 0.15) is 11.8 Å². The number of rotatable bonds is 8. The molecule has 1 aliphatic rings. The first kappa shape index (κ1) is 22.1. The zero-order chi connectivity index (χ0) is 22.2. The third-order valence-electron chi connectivity index (χ3n) is 5.03. The normalized spacial score (nSPS) is 14.5. The highest BCUT2D eigenvalue weighted by Gasteiger charge is 2.20. The molecular formula is C24H27N3O4. The van der Waals surface area contributed by atoms with Crippen molar-refractivity contribution in [1.29, 1.82) is 0 Å². The maximum atomic E-state index is 12.5. The molecule has 3 rings (SSSR count). The highest BCUT2D eigenvalue weighted by atomic mass is 16.5. The maximum Gasteiger partial charge on any atom is 0.246 e. The van der Waals surface area contributed by atoms with Crippen LogP contribution in [0.15, 0.2) is 54.6 Å². The van der Waals surface area contributed by atoms with Crippen molar-refractivity contribution in [2.75, 3.05) is 19.0 Å². The second-order valence-electron chi connectivity index (χ2n) is 7.45. The average Bonchev–Trinajstić information content (AvgIpc) is 3.17. The van der Waals surface area contributed by atoms with Gasteiger partial charge in [-0.1, -0.05) is 24.3 Å². The molecule has 1 atom stereocenters. The molecule has 0 bridgehead atoms. The summed E-state index contributed by atoms with van der Waals surface area (Å²) >= 11 is 0. The SMILES string of the molecule is COc1ccc(/C=C/C(=O)NC(C)C(=O)Nc2cccc(CN3CCCC3=O)c2)cc1. The van der Waals surface area contributed by atoms with E-state index < -0.39 is 6.04 Å². The number of hydrogen-bond acceptors (Lipinski definition) is 4. The Morgan fingerprint density at radius 3 is 2.65 bits per heavy atom. The second kappa shape index (κ2) is 10.4.